The summed E-state index contributed by atoms with van der Waals surface area (Å²) in [4.78, 5) is 2.27. The molecule has 4 N–H and O–H groups in total. The second-order valence-electron chi connectivity index (χ2n) is 4.90. The lowest BCUT2D eigenvalue weighted by molar-refractivity contribution is 0.153. The first kappa shape index (κ1) is 13.8. The van der Waals surface area contributed by atoms with Crippen molar-refractivity contribution in [2.24, 2.45) is 5.73 Å². The van der Waals surface area contributed by atoms with E-state index < -0.39 is 0 Å². The van der Waals surface area contributed by atoms with E-state index >= 15 is 0 Å². The van der Waals surface area contributed by atoms with Crippen molar-refractivity contribution in [3.8, 4) is 5.75 Å². The number of likely N-dealkylation sites (tertiary alicyclic amines) is 1. The van der Waals surface area contributed by atoms with Crippen LogP contribution < -0.4 is 10.5 Å². The molecule has 1 heterocycles. The molecule has 2 rings (SSSR count). The molecule has 5 nitrogen and oxygen atoms in total. The number of amidine groups is 1. The zero-order valence-electron chi connectivity index (χ0n) is 11.2. The highest BCUT2D eigenvalue weighted by Gasteiger charge is 2.23. The predicted octanol–water partition coefficient (Wildman–Crippen LogP) is 0.936. The number of ether oxygens (including phenoxy) is 1. The number of nitrogen functional groups attached to an aromatic ring is 1. The Morgan fingerprint density at radius 3 is 3.00 bits per heavy atom. The molecule has 1 fully saturated rings. The van der Waals surface area contributed by atoms with Crippen LogP contribution >= 0.6 is 0 Å². The van der Waals surface area contributed by atoms with Crippen LogP contribution in [0.15, 0.2) is 18.2 Å². The fraction of sp³-hybridized carbons (Fsp3) is 0.500. The van der Waals surface area contributed by atoms with Crippen LogP contribution in [0.4, 0.5) is 0 Å². The number of nitrogens with one attached hydrogen (secondary N) is 1. The van der Waals surface area contributed by atoms with E-state index in [1.807, 2.05) is 18.2 Å². The van der Waals surface area contributed by atoms with Crippen LogP contribution in [0, 0.1) is 5.41 Å². The summed E-state index contributed by atoms with van der Waals surface area (Å²) in [5, 5.41) is 16.9. The predicted molar refractivity (Wildman–Crippen MR) is 74.5 cm³/mol. The average Bonchev–Trinajstić information content (AvgIpc) is 2.85. The molecular weight excluding hydrogens is 242 g/mol. The third kappa shape index (κ3) is 3.05. The molecule has 1 aromatic carbocycles. The molecule has 0 spiro atoms. The van der Waals surface area contributed by atoms with E-state index in [2.05, 4.69) is 4.90 Å². The topological polar surface area (TPSA) is 82.6 Å². The Balaban J connectivity index is 2.17. The summed E-state index contributed by atoms with van der Waals surface area (Å²) in [7, 11) is 1.57. The molecule has 1 unspecified atom stereocenters. The molecule has 1 saturated heterocycles. The lowest BCUT2D eigenvalue weighted by Crippen LogP contribution is -2.31. The zero-order chi connectivity index (χ0) is 13.8. The molecule has 19 heavy (non-hydrogen) atoms. The van der Waals surface area contributed by atoms with Gasteiger partial charge in [0, 0.05) is 12.6 Å². The minimum atomic E-state index is 0.0128. The van der Waals surface area contributed by atoms with E-state index in [9.17, 15) is 5.11 Å². The molecular formula is C14H21N3O2. The molecule has 5 heteroatoms. The van der Waals surface area contributed by atoms with Crippen molar-refractivity contribution in [1.29, 1.82) is 5.41 Å². The number of rotatable bonds is 5. The highest BCUT2D eigenvalue weighted by atomic mass is 16.5. The van der Waals surface area contributed by atoms with Crippen molar-refractivity contribution in [2.75, 3.05) is 20.3 Å². The van der Waals surface area contributed by atoms with E-state index in [1.165, 1.54) is 0 Å². The standard InChI is InChI=1S/C14H21N3O2/c1-19-13-5-4-10(7-12(13)14(15)16)8-17-6-2-3-11(17)9-18/h4-5,7,11,18H,2-3,6,8-9H2,1H3,(H3,15,16). The van der Waals surface area contributed by atoms with Gasteiger partial charge in [-0.2, -0.15) is 0 Å². The van der Waals surface area contributed by atoms with Gasteiger partial charge >= 0.3 is 0 Å². The fourth-order valence-corrected chi connectivity index (χ4v) is 2.61. The van der Waals surface area contributed by atoms with Crippen LogP contribution in [-0.2, 0) is 6.54 Å². The minimum absolute atomic E-state index is 0.0128. The van der Waals surface area contributed by atoms with Gasteiger partial charge in [-0.25, -0.2) is 0 Å². The van der Waals surface area contributed by atoms with Gasteiger partial charge in [-0.05, 0) is 37.1 Å². The summed E-state index contributed by atoms with van der Waals surface area (Å²) in [6.45, 7) is 1.98. The largest absolute Gasteiger partial charge is 0.496 e. The van der Waals surface area contributed by atoms with Crippen LogP contribution in [0.5, 0.6) is 5.75 Å². The maximum Gasteiger partial charge on any atom is 0.129 e. The second kappa shape index (κ2) is 6.04. The van der Waals surface area contributed by atoms with E-state index in [1.54, 1.807) is 7.11 Å². The normalized spacial score (nSPS) is 19.6. The Morgan fingerprint density at radius 1 is 1.58 bits per heavy atom. The summed E-state index contributed by atoms with van der Waals surface area (Å²) < 4.78 is 5.20. The molecule has 0 bridgehead atoms. The highest BCUT2D eigenvalue weighted by Crippen LogP contribution is 2.23. The Hall–Kier alpha value is -1.59. The molecule has 1 atom stereocenters. The first-order valence-electron chi connectivity index (χ1n) is 6.52. The minimum Gasteiger partial charge on any atom is -0.496 e. The number of nitrogens with zero attached hydrogens (tertiary/aromatic N) is 1. The molecule has 1 aliphatic rings. The van der Waals surface area contributed by atoms with Crippen LogP contribution in [0.2, 0.25) is 0 Å². The van der Waals surface area contributed by atoms with Gasteiger partial charge in [-0.15, -0.1) is 0 Å². The summed E-state index contributed by atoms with van der Waals surface area (Å²) in [5.74, 6) is 0.634. The summed E-state index contributed by atoms with van der Waals surface area (Å²) in [5.41, 5.74) is 7.28. The van der Waals surface area contributed by atoms with E-state index in [0.717, 1.165) is 31.5 Å². The number of benzene rings is 1. The summed E-state index contributed by atoms with van der Waals surface area (Å²) in [6, 6.07) is 5.98. The fourth-order valence-electron chi connectivity index (χ4n) is 2.61. The first-order valence-corrected chi connectivity index (χ1v) is 6.52. The van der Waals surface area contributed by atoms with Crippen molar-refractivity contribution in [1.82, 2.24) is 4.90 Å². The zero-order valence-corrected chi connectivity index (χ0v) is 11.2. The third-order valence-electron chi connectivity index (χ3n) is 3.65. The van der Waals surface area contributed by atoms with Crippen molar-refractivity contribution in [3.05, 3.63) is 29.3 Å². The Bertz CT molecular complexity index is 462. The van der Waals surface area contributed by atoms with Crippen molar-refractivity contribution in [2.45, 2.75) is 25.4 Å². The average molecular weight is 263 g/mol. The number of hydrogen-bond acceptors (Lipinski definition) is 4. The van der Waals surface area contributed by atoms with Gasteiger partial charge in [-0.1, -0.05) is 6.07 Å². The summed E-state index contributed by atoms with van der Waals surface area (Å²) >= 11 is 0. The Morgan fingerprint density at radius 2 is 2.37 bits per heavy atom. The first-order chi connectivity index (χ1) is 9.15. The van der Waals surface area contributed by atoms with E-state index in [4.69, 9.17) is 15.9 Å². The van der Waals surface area contributed by atoms with Gasteiger partial charge < -0.3 is 15.6 Å². The van der Waals surface area contributed by atoms with Gasteiger partial charge in [0.05, 0.1) is 19.3 Å². The molecule has 1 aliphatic heterocycles. The van der Waals surface area contributed by atoms with E-state index in [-0.39, 0.29) is 18.5 Å². The van der Waals surface area contributed by atoms with Crippen LogP contribution in [0.1, 0.15) is 24.0 Å². The maximum atomic E-state index is 9.32. The second-order valence-corrected chi connectivity index (χ2v) is 4.90. The monoisotopic (exact) mass is 263 g/mol. The lowest BCUT2D eigenvalue weighted by atomic mass is 10.1. The van der Waals surface area contributed by atoms with Gasteiger partial charge in [-0.3, -0.25) is 10.3 Å². The molecule has 0 aromatic heterocycles. The molecule has 0 amide bonds. The Labute approximate surface area is 113 Å². The van der Waals surface area contributed by atoms with Crippen molar-refractivity contribution < 1.29 is 9.84 Å². The number of aliphatic hydroxyl groups excluding tert-OH is 1. The molecule has 0 radical (unpaired) electrons. The highest BCUT2D eigenvalue weighted by molar-refractivity contribution is 5.97. The lowest BCUT2D eigenvalue weighted by Gasteiger charge is -2.23. The van der Waals surface area contributed by atoms with Crippen molar-refractivity contribution in [3.63, 3.8) is 0 Å². The van der Waals surface area contributed by atoms with Crippen molar-refractivity contribution >= 4 is 5.84 Å². The maximum absolute atomic E-state index is 9.32. The number of hydrogen-bond donors (Lipinski definition) is 3. The smallest absolute Gasteiger partial charge is 0.129 e. The quantitative estimate of drug-likeness (QED) is 0.545. The van der Waals surface area contributed by atoms with Gasteiger partial charge in [0.1, 0.15) is 11.6 Å². The summed E-state index contributed by atoms with van der Waals surface area (Å²) in [6.07, 6.45) is 2.17. The molecule has 104 valence electrons. The van der Waals surface area contributed by atoms with Crippen LogP contribution in [0.25, 0.3) is 0 Å². The molecule has 1 aromatic rings. The van der Waals surface area contributed by atoms with Crippen LogP contribution in [0.3, 0.4) is 0 Å². The SMILES string of the molecule is COc1ccc(CN2CCCC2CO)cc1C(=N)N. The van der Waals surface area contributed by atoms with Gasteiger partial charge in [0.25, 0.3) is 0 Å². The number of methoxy groups -OCH3 is 1. The third-order valence-corrected chi connectivity index (χ3v) is 3.65. The van der Waals surface area contributed by atoms with E-state index in [0.29, 0.717) is 11.3 Å². The van der Waals surface area contributed by atoms with Gasteiger partial charge in [0.2, 0.25) is 0 Å². The van der Waals surface area contributed by atoms with Gasteiger partial charge in [0.15, 0.2) is 0 Å². The Kier molecular flexibility index (Phi) is 4.39. The van der Waals surface area contributed by atoms with Crippen LogP contribution in [-0.4, -0.2) is 42.1 Å². The number of aliphatic hydroxyl groups is 1. The molecule has 0 saturated carbocycles. The number of nitrogens with two attached hydrogens (primary N) is 1. The molecule has 0 aliphatic carbocycles.